The fourth-order valence-electron chi connectivity index (χ4n) is 1.59. The van der Waals surface area contributed by atoms with Crippen LogP contribution in [0.4, 0.5) is 0 Å². The Bertz CT molecular complexity index is 503. The molecule has 0 atom stereocenters. The van der Waals surface area contributed by atoms with E-state index in [0.717, 1.165) is 17.9 Å². The quantitative estimate of drug-likeness (QED) is 0.640. The number of hydrogen-bond acceptors (Lipinski definition) is 2. The molecule has 100 valence electrons. The summed E-state index contributed by atoms with van der Waals surface area (Å²) in [5, 5.41) is 0. The molecular formula is C17H20OS. The van der Waals surface area contributed by atoms with Crippen molar-refractivity contribution in [2.24, 2.45) is 0 Å². The molecule has 0 N–H and O–H groups in total. The predicted octanol–water partition coefficient (Wildman–Crippen LogP) is 5.76. The van der Waals surface area contributed by atoms with Gasteiger partial charge in [-0.1, -0.05) is 39.0 Å². The molecule has 2 rings (SSSR count). The van der Waals surface area contributed by atoms with E-state index in [4.69, 9.17) is 4.74 Å². The molecule has 0 saturated heterocycles. The summed E-state index contributed by atoms with van der Waals surface area (Å²) >= 11 is 1.91. The van der Waals surface area contributed by atoms with E-state index in [-0.39, 0.29) is 4.75 Å². The molecule has 0 heterocycles. The first-order valence-corrected chi connectivity index (χ1v) is 7.43. The van der Waals surface area contributed by atoms with Crippen LogP contribution in [0.2, 0.25) is 0 Å². The molecule has 2 aromatic carbocycles. The van der Waals surface area contributed by atoms with Crippen molar-refractivity contribution in [2.75, 3.05) is 0 Å². The number of para-hydroxylation sites is 1. The van der Waals surface area contributed by atoms with E-state index in [9.17, 15) is 0 Å². The molecule has 19 heavy (non-hydrogen) atoms. The van der Waals surface area contributed by atoms with Crippen molar-refractivity contribution in [2.45, 2.75) is 36.8 Å². The standard InChI is InChI=1S/C17H20OS/c1-4-17(2,3)19-16-12-10-15(11-13-16)18-14-8-6-5-7-9-14/h5-13H,4H2,1-3H3. The van der Waals surface area contributed by atoms with E-state index >= 15 is 0 Å². The molecule has 0 spiro atoms. The Balaban J connectivity index is 2.03. The normalized spacial score (nSPS) is 11.3. The van der Waals surface area contributed by atoms with Gasteiger partial charge in [0, 0.05) is 9.64 Å². The first-order chi connectivity index (χ1) is 9.09. The van der Waals surface area contributed by atoms with E-state index in [1.807, 2.05) is 54.2 Å². The maximum absolute atomic E-state index is 5.78. The lowest BCUT2D eigenvalue weighted by molar-refractivity contribution is 0.482. The van der Waals surface area contributed by atoms with Crippen LogP contribution >= 0.6 is 11.8 Å². The number of rotatable bonds is 5. The van der Waals surface area contributed by atoms with Gasteiger partial charge in [0.1, 0.15) is 11.5 Å². The lowest BCUT2D eigenvalue weighted by Gasteiger charge is -2.21. The Labute approximate surface area is 120 Å². The largest absolute Gasteiger partial charge is 0.457 e. The number of thioether (sulfide) groups is 1. The van der Waals surface area contributed by atoms with Gasteiger partial charge in [-0.05, 0) is 42.8 Å². The second-order valence-corrected chi connectivity index (χ2v) is 6.88. The summed E-state index contributed by atoms with van der Waals surface area (Å²) in [4.78, 5) is 1.28. The van der Waals surface area contributed by atoms with Gasteiger partial charge in [0.05, 0.1) is 0 Å². The van der Waals surface area contributed by atoms with Crippen LogP contribution in [0.15, 0.2) is 59.5 Å². The molecule has 0 bridgehead atoms. The lowest BCUT2D eigenvalue weighted by Crippen LogP contribution is -2.11. The van der Waals surface area contributed by atoms with Crippen molar-refractivity contribution >= 4 is 11.8 Å². The van der Waals surface area contributed by atoms with Gasteiger partial charge in [-0.15, -0.1) is 11.8 Å². The zero-order chi connectivity index (χ0) is 13.7. The van der Waals surface area contributed by atoms with Crippen LogP contribution in [-0.4, -0.2) is 4.75 Å². The summed E-state index contributed by atoms with van der Waals surface area (Å²) in [6.45, 7) is 6.76. The average Bonchev–Trinajstić information content (AvgIpc) is 2.42. The molecule has 0 aliphatic heterocycles. The smallest absolute Gasteiger partial charge is 0.127 e. The highest BCUT2D eigenvalue weighted by Gasteiger charge is 2.16. The summed E-state index contributed by atoms with van der Waals surface area (Å²) < 4.78 is 6.06. The molecule has 0 unspecified atom stereocenters. The molecule has 0 amide bonds. The fraction of sp³-hybridized carbons (Fsp3) is 0.294. The van der Waals surface area contributed by atoms with Crippen LogP contribution < -0.4 is 4.74 Å². The van der Waals surface area contributed by atoms with E-state index in [1.165, 1.54) is 4.90 Å². The second kappa shape index (κ2) is 6.16. The third-order valence-corrected chi connectivity index (χ3v) is 4.40. The minimum absolute atomic E-state index is 0.280. The average molecular weight is 272 g/mol. The Hall–Kier alpha value is -1.41. The van der Waals surface area contributed by atoms with Crippen LogP contribution in [0.25, 0.3) is 0 Å². The Morgan fingerprint density at radius 2 is 1.47 bits per heavy atom. The van der Waals surface area contributed by atoms with Crippen molar-refractivity contribution in [3.05, 3.63) is 54.6 Å². The van der Waals surface area contributed by atoms with Crippen molar-refractivity contribution in [1.82, 2.24) is 0 Å². The van der Waals surface area contributed by atoms with Crippen molar-refractivity contribution in [1.29, 1.82) is 0 Å². The van der Waals surface area contributed by atoms with Crippen molar-refractivity contribution < 1.29 is 4.74 Å². The second-order valence-electron chi connectivity index (χ2n) is 5.10. The molecule has 1 nitrogen and oxygen atoms in total. The maximum atomic E-state index is 5.78. The van der Waals surface area contributed by atoms with Crippen LogP contribution in [-0.2, 0) is 0 Å². The Morgan fingerprint density at radius 3 is 2.05 bits per heavy atom. The summed E-state index contributed by atoms with van der Waals surface area (Å²) in [6, 6.07) is 18.2. The van der Waals surface area contributed by atoms with Gasteiger partial charge in [-0.3, -0.25) is 0 Å². The Morgan fingerprint density at radius 1 is 0.895 bits per heavy atom. The topological polar surface area (TPSA) is 9.23 Å². The molecule has 0 aliphatic rings. The highest BCUT2D eigenvalue weighted by molar-refractivity contribution is 8.00. The molecule has 0 aromatic heterocycles. The third-order valence-electron chi connectivity index (χ3n) is 3.05. The first-order valence-electron chi connectivity index (χ1n) is 6.61. The van der Waals surface area contributed by atoms with Gasteiger partial charge in [0.25, 0.3) is 0 Å². The monoisotopic (exact) mass is 272 g/mol. The van der Waals surface area contributed by atoms with Gasteiger partial charge in [0.2, 0.25) is 0 Å². The molecule has 0 fully saturated rings. The number of hydrogen-bond donors (Lipinski definition) is 0. The zero-order valence-corrected chi connectivity index (χ0v) is 12.5. The van der Waals surface area contributed by atoms with Crippen LogP contribution in [0.5, 0.6) is 11.5 Å². The van der Waals surface area contributed by atoms with Gasteiger partial charge in [-0.2, -0.15) is 0 Å². The Kier molecular flexibility index (Phi) is 4.54. The lowest BCUT2D eigenvalue weighted by atomic mass is 10.1. The van der Waals surface area contributed by atoms with Crippen LogP contribution in [0, 0.1) is 0 Å². The molecular weight excluding hydrogens is 252 g/mol. The number of ether oxygens (including phenoxy) is 1. The fourth-order valence-corrected chi connectivity index (χ4v) is 2.65. The minimum atomic E-state index is 0.280. The SMILES string of the molecule is CCC(C)(C)Sc1ccc(Oc2ccccc2)cc1. The molecule has 0 aliphatic carbocycles. The summed E-state index contributed by atoms with van der Waals surface area (Å²) in [6.07, 6.45) is 1.15. The van der Waals surface area contributed by atoms with E-state index in [2.05, 4.69) is 32.9 Å². The predicted molar refractivity (Wildman–Crippen MR) is 83.2 cm³/mol. The van der Waals surface area contributed by atoms with E-state index in [0.29, 0.717) is 0 Å². The molecule has 2 aromatic rings. The molecule has 0 radical (unpaired) electrons. The van der Waals surface area contributed by atoms with Gasteiger partial charge < -0.3 is 4.74 Å². The maximum Gasteiger partial charge on any atom is 0.127 e. The van der Waals surface area contributed by atoms with Gasteiger partial charge >= 0.3 is 0 Å². The van der Waals surface area contributed by atoms with Gasteiger partial charge in [0.15, 0.2) is 0 Å². The summed E-state index contributed by atoms with van der Waals surface area (Å²) in [7, 11) is 0. The highest BCUT2D eigenvalue weighted by atomic mass is 32.2. The first kappa shape index (κ1) is 14.0. The van der Waals surface area contributed by atoms with Crippen LogP contribution in [0.3, 0.4) is 0 Å². The van der Waals surface area contributed by atoms with Gasteiger partial charge in [-0.25, -0.2) is 0 Å². The van der Waals surface area contributed by atoms with E-state index < -0.39 is 0 Å². The summed E-state index contributed by atoms with van der Waals surface area (Å²) in [5.74, 6) is 1.75. The van der Waals surface area contributed by atoms with Crippen LogP contribution in [0.1, 0.15) is 27.2 Å². The minimum Gasteiger partial charge on any atom is -0.457 e. The third kappa shape index (κ3) is 4.32. The molecule has 2 heteroatoms. The van der Waals surface area contributed by atoms with E-state index in [1.54, 1.807) is 0 Å². The van der Waals surface area contributed by atoms with Crippen molar-refractivity contribution in [3.63, 3.8) is 0 Å². The highest BCUT2D eigenvalue weighted by Crippen LogP contribution is 2.35. The number of benzene rings is 2. The zero-order valence-electron chi connectivity index (χ0n) is 11.7. The van der Waals surface area contributed by atoms with Crippen molar-refractivity contribution in [3.8, 4) is 11.5 Å². The summed E-state index contributed by atoms with van der Waals surface area (Å²) in [5.41, 5.74) is 0. The molecule has 0 saturated carbocycles.